The number of hydrogen-bond acceptors (Lipinski definition) is 3. The van der Waals surface area contributed by atoms with Crippen LogP contribution in [0.15, 0.2) is 54.6 Å². The third kappa shape index (κ3) is 4.38. The van der Waals surface area contributed by atoms with Crippen molar-refractivity contribution in [3.05, 3.63) is 60.2 Å². The quantitative estimate of drug-likeness (QED) is 0.883. The number of rotatable bonds is 6. The average Bonchev–Trinajstić information content (AvgIpc) is 2.54. The zero-order valence-corrected chi connectivity index (χ0v) is 12.7. The normalized spacial score (nSPS) is 10.5. The lowest BCUT2D eigenvalue weighted by Crippen LogP contribution is -2.20. The number of allylic oxidation sites excluding steroid dienone is 1. The summed E-state index contributed by atoms with van der Waals surface area (Å²) in [6.45, 7) is 1.87. The summed E-state index contributed by atoms with van der Waals surface area (Å²) in [5.41, 5.74) is 1.76. The van der Waals surface area contributed by atoms with Crippen LogP contribution in [0.1, 0.15) is 12.5 Å². The molecular weight excluding hydrogens is 278 g/mol. The van der Waals surface area contributed by atoms with Crippen molar-refractivity contribution in [1.29, 1.82) is 0 Å². The second kappa shape index (κ2) is 7.88. The molecule has 0 aromatic heterocycles. The van der Waals surface area contributed by atoms with Crippen molar-refractivity contribution in [2.24, 2.45) is 0 Å². The number of benzene rings is 2. The minimum Gasteiger partial charge on any atom is -0.493 e. The average molecular weight is 297 g/mol. The van der Waals surface area contributed by atoms with Gasteiger partial charge in [0, 0.05) is 5.69 Å². The van der Waals surface area contributed by atoms with Gasteiger partial charge in [-0.3, -0.25) is 4.79 Å². The molecule has 2 aromatic carbocycles. The van der Waals surface area contributed by atoms with E-state index >= 15 is 0 Å². The van der Waals surface area contributed by atoms with Crippen LogP contribution in [0.5, 0.6) is 11.5 Å². The molecule has 0 spiro atoms. The monoisotopic (exact) mass is 297 g/mol. The maximum Gasteiger partial charge on any atom is 0.262 e. The van der Waals surface area contributed by atoms with Crippen LogP contribution in [0.3, 0.4) is 0 Å². The maximum atomic E-state index is 11.9. The van der Waals surface area contributed by atoms with Crippen molar-refractivity contribution < 1.29 is 14.3 Å². The molecule has 114 valence electrons. The zero-order valence-electron chi connectivity index (χ0n) is 12.7. The molecule has 0 bridgehead atoms. The Kier molecular flexibility index (Phi) is 5.60. The summed E-state index contributed by atoms with van der Waals surface area (Å²) < 4.78 is 10.8. The molecule has 0 heterocycles. The van der Waals surface area contributed by atoms with E-state index in [1.165, 1.54) is 0 Å². The van der Waals surface area contributed by atoms with Crippen molar-refractivity contribution >= 4 is 17.7 Å². The lowest BCUT2D eigenvalue weighted by molar-refractivity contribution is -0.118. The minimum atomic E-state index is -0.217. The highest BCUT2D eigenvalue weighted by molar-refractivity contribution is 5.91. The maximum absolute atomic E-state index is 11.9. The van der Waals surface area contributed by atoms with E-state index in [0.29, 0.717) is 11.5 Å². The lowest BCUT2D eigenvalue weighted by atomic mass is 10.2. The van der Waals surface area contributed by atoms with E-state index < -0.39 is 0 Å². The molecule has 0 unspecified atom stereocenters. The Bertz CT molecular complexity index is 651. The number of carbonyl (C=O) groups excluding carboxylic acids is 1. The largest absolute Gasteiger partial charge is 0.493 e. The first kappa shape index (κ1) is 15.6. The van der Waals surface area contributed by atoms with Gasteiger partial charge in [-0.15, -0.1) is 0 Å². The number of anilines is 1. The minimum absolute atomic E-state index is 0.0752. The molecule has 0 aliphatic carbocycles. The van der Waals surface area contributed by atoms with E-state index in [0.717, 1.165) is 11.3 Å². The fourth-order valence-corrected chi connectivity index (χ4v) is 1.96. The Balaban J connectivity index is 1.97. The van der Waals surface area contributed by atoms with E-state index in [4.69, 9.17) is 9.47 Å². The highest BCUT2D eigenvalue weighted by atomic mass is 16.5. The molecule has 22 heavy (non-hydrogen) atoms. The Morgan fingerprint density at radius 2 is 1.91 bits per heavy atom. The van der Waals surface area contributed by atoms with Crippen LogP contribution in [0, 0.1) is 0 Å². The number of methoxy groups -OCH3 is 1. The summed E-state index contributed by atoms with van der Waals surface area (Å²) in [6, 6.07) is 14.8. The summed E-state index contributed by atoms with van der Waals surface area (Å²) in [7, 11) is 1.58. The van der Waals surface area contributed by atoms with E-state index in [1.807, 2.05) is 61.5 Å². The van der Waals surface area contributed by atoms with Gasteiger partial charge in [0.2, 0.25) is 0 Å². The second-order valence-corrected chi connectivity index (χ2v) is 4.61. The van der Waals surface area contributed by atoms with Gasteiger partial charge in [-0.1, -0.05) is 36.4 Å². The van der Waals surface area contributed by atoms with Crippen LogP contribution < -0.4 is 14.8 Å². The molecule has 2 aromatic rings. The van der Waals surface area contributed by atoms with E-state index in [2.05, 4.69) is 5.32 Å². The number of nitrogens with one attached hydrogen (secondary N) is 1. The number of para-hydroxylation sites is 1. The van der Waals surface area contributed by atoms with Crippen molar-refractivity contribution in [2.45, 2.75) is 6.92 Å². The first-order valence-corrected chi connectivity index (χ1v) is 7.01. The smallest absolute Gasteiger partial charge is 0.262 e. The fourth-order valence-electron chi connectivity index (χ4n) is 1.96. The molecular formula is C18H19NO3. The zero-order chi connectivity index (χ0) is 15.8. The Morgan fingerprint density at radius 1 is 1.14 bits per heavy atom. The summed E-state index contributed by atoms with van der Waals surface area (Å²) in [5.74, 6) is 0.924. The van der Waals surface area contributed by atoms with Gasteiger partial charge in [-0.2, -0.15) is 0 Å². The van der Waals surface area contributed by atoms with E-state index in [-0.39, 0.29) is 12.5 Å². The molecule has 2 rings (SSSR count). The van der Waals surface area contributed by atoms with Crippen molar-refractivity contribution in [3.63, 3.8) is 0 Å². The van der Waals surface area contributed by atoms with Gasteiger partial charge in [-0.25, -0.2) is 0 Å². The Morgan fingerprint density at radius 3 is 2.59 bits per heavy atom. The van der Waals surface area contributed by atoms with Crippen molar-refractivity contribution in [3.8, 4) is 11.5 Å². The SMILES string of the molecule is CC=Cc1ccc(OCC(=O)Nc2ccccc2)c(OC)c1. The first-order valence-electron chi connectivity index (χ1n) is 7.01. The molecule has 4 heteroatoms. The Hall–Kier alpha value is -2.75. The topological polar surface area (TPSA) is 47.6 Å². The van der Waals surface area contributed by atoms with Gasteiger partial charge in [0.25, 0.3) is 5.91 Å². The van der Waals surface area contributed by atoms with Crippen molar-refractivity contribution in [2.75, 3.05) is 19.0 Å². The molecule has 0 fully saturated rings. The third-order valence-corrected chi connectivity index (χ3v) is 2.96. The summed E-state index contributed by atoms with van der Waals surface area (Å²) in [5, 5.41) is 2.77. The molecule has 1 amide bonds. The van der Waals surface area contributed by atoms with Gasteiger partial charge in [-0.05, 0) is 36.8 Å². The van der Waals surface area contributed by atoms with Crippen LogP contribution in [-0.4, -0.2) is 19.6 Å². The van der Waals surface area contributed by atoms with E-state index in [9.17, 15) is 4.79 Å². The van der Waals surface area contributed by atoms with Gasteiger partial charge < -0.3 is 14.8 Å². The predicted octanol–water partition coefficient (Wildman–Crippen LogP) is 3.75. The highest BCUT2D eigenvalue weighted by Gasteiger charge is 2.08. The molecule has 0 saturated carbocycles. The van der Waals surface area contributed by atoms with Crippen LogP contribution in [0.2, 0.25) is 0 Å². The fraction of sp³-hybridized carbons (Fsp3) is 0.167. The van der Waals surface area contributed by atoms with Crippen molar-refractivity contribution in [1.82, 2.24) is 0 Å². The summed E-state index contributed by atoms with van der Waals surface area (Å²) in [4.78, 5) is 11.9. The molecule has 0 atom stereocenters. The summed E-state index contributed by atoms with van der Waals surface area (Å²) in [6.07, 6.45) is 3.91. The molecule has 0 aliphatic rings. The molecule has 4 nitrogen and oxygen atoms in total. The van der Waals surface area contributed by atoms with Gasteiger partial charge in [0.15, 0.2) is 18.1 Å². The number of amides is 1. The number of ether oxygens (including phenoxy) is 2. The van der Waals surface area contributed by atoms with Crippen LogP contribution in [-0.2, 0) is 4.79 Å². The third-order valence-electron chi connectivity index (χ3n) is 2.96. The second-order valence-electron chi connectivity index (χ2n) is 4.61. The number of hydrogen-bond donors (Lipinski definition) is 1. The first-order chi connectivity index (χ1) is 10.7. The summed E-state index contributed by atoms with van der Waals surface area (Å²) >= 11 is 0. The van der Waals surface area contributed by atoms with Gasteiger partial charge >= 0.3 is 0 Å². The van der Waals surface area contributed by atoms with E-state index in [1.54, 1.807) is 13.2 Å². The van der Waals surface area contributed by atoms with Gasteiger partial charge in [0.1, 0.15) is 0 Å². The predicted molar refractivity (Wildman–Crippen MR) is 88.3 cm³/mol. The Labute approximate surface area is 130 Å². The van der Waals surface area contributed by atoms with Gasteiger partial charge in [0.05, 0.1) is 7.11 Å². The standard InChI is InChI=1S/C18H19NO3/c1-3-7-14-10-11-16(17(12-14)21-2)22-13-18(20)19-15-8-5-4-6-9-15/h3-12H,13H2,1-2H3,(H,19,20). The number of carbonyl (C=O) groups is 1. The molecule has 0 radical (unpaired) electrons. The van der Waals surface area contributed by atoms with Crippen LogP contribution >= 0.6 is 0 Å². The van der Waals surface area contributed by atoms with Crippen LogP contribution in [0.25, 0.3) is 6.08 Å². The molecule has 1 N–H and O–H groups in total. The lowest BCUT2D eigenvalue weighted by Gasteiger charge is -2.11. The molecule has 0 saturated heterocycles. The highest BCUT2D eigenvalue weighted by Crippen LogP contribution is 2.28. The van der Waals surface area contributed by atoms with Crippen LogP contribution in [0.4, 0.5) is 5.69 Å². The molecule has 0 aliphatic heterocycles.